The summed E-state index contributed by atoms with van der Waals surface area (Å²) in [5.41, 5.74) is 5.48. The largest absolute Gasteiger partial charge is 0.481 e. The lowest BCUT2D eigenvalue weighted by Crippen LogP contribution is -2.39. The molecule has 80 valence electrons. The molecule has 0 saturated heterocycles. The third-order valence-corrected chi connectivity index (χ3v) is 1.73. The zero-order valence-electron chi connectivity index (χ0n) is 8.10. The molecule has 0 bridgehead atoms. The highest BCUT2D eigenvalue weighted by Gasteiger charge is 2.23. The number of hydrogen-bond donors (Lipinski definition) is 2. The predicted octanol–water partition coefficient (Wildman–Crippen LogP) is 0.154. The normalized spacial score (nSPS) is 14.1. The highest BCUT2D eigenvalue weighted by Crippen LogP contribution is 2.07. The fourth-order valence-electron chi connectivity index (χ4n) is 0.872. The van der Waals surface area contributed by atoms with Crippen LogP contribution in [0.5, 0.6) is 0 Å². The summed E-state index contributed by atoms with van der Waals surface area (Å²) in [5, 5.41) is 8.47. The Morgan fingerprint density at radius 3 is 2.64 bits per heavy atom. The van der Waals surface area contributed by atoms with E-state index < -0.39 is 23.9 Å². The molecule has 0 aliphatic heterocycles. The quantitative estimate of drug-likeness (QED) is 0.471. The van der Waals surface area contributed by atoms with Crippen molar-refractivity contribution in [1.82, 2.24) is 0 Å². The summed E-state index contributed by atoms with van der Waals surface area (Å²) in [7, 11) is 0. The van der Waals surface area contributed by atoms with Crippen LogP contribution >= 0.6 is 0 Å². The van der Waals surface area contributed by atoms with E-state index in [4.69, 9.17) is 10.8 Å². The molecule has 0 heterocycles. The average Bonchev–Trinajstić information content (AvgIpc) is 2.11. The maximum absolute atomic E-state index is 11.1. The topological polar surface area (TPSA) is 89.6 Å². The molecule has 0 aliphatic rings. The second-order valence-electron chi connectivity index (χ2n) is 3.02. The number of carbonyl (C=O) groups excluding carboxylic acids is 1. The highest BCUT2D eigenvalue weighted by atomic mass is 16.5. The van der Waals surface area contributed by atoms with E-state index in [1.54, 1.807) is 6.92 Å². The van der Waals surface area contributed by atoms with Gasteiger partial charge in [-0.2, -0.15) is 0 Å². The molecular weight excluding hydrogens is 186 g/mol. The molecule has 14 heavy (non-hydrogen) atoms. The van der Waals surface area contributed by atoms with Crippen LogP contribution in [0.1, 0.15) is 13.3 Å². The molecule has 5 heteroatoms. The second kappa shape index (κ2) is 6.15. The Morgan fingerprint density at radius 2 is 2.21 bits per heavy atom. The Morgan fingerprint density at radius 1 is 1.64 bits per heavy atom. The van der Waals surface area contributed by atoms with E-state index in [0.717, 1.165) is 0 Å². The minimum Gasteiger partial charge on any atom is -0.481 e. The number of carbonyl (C=O) groups is 2. The molecule has 0 saturated carbocycles. The number of rotatable bonds is 6. The molecule has 0 spiro atoms. The van der Waals surface area contributed by atoms with E-state index in [-0.39, 0.29) is 13.0 Å². The molecule has 0 amide bonds. The Hall–Kier alpha value is -1.36. The van der Waals surface area contributed by atoms with Crippen LogP contribution in [0, 0.1) is 5.92 Å². The van der Waals surface area contributed by atoms with E-state index in [0.29, 0.717) is 0 Å². The van der Waals surface area contributed by atoms with Crippen molar-refractivity contribution in [1.29, 1.82) is 0 Å². The number of aliphatic carboxylic acids is 1. The van der Waals surface area contributed by atoms with Gasteiger partial charge in [-0.3, -0.25) is 9.59 Å². The maximum Gasteiger partial charge on any atom is 0.323 e. The van der Waals surface area contributed by atoms with Crippen molar-refractivity contribution in [2.24, 2.45) is 11.7 Å². The molecule has 2 atom stereocenters. The van der Waals surface area contributed by atoms with Crippen molar-refractivity contribution >= 4 is 11.9 Å². The fraction of sp³-hybridized carbons (Fsp3) is 0.556. The van der Waals surface area contributed by atoms with E-state index in [9.17, 15) is 9.59 Å². The minimum atomic E-state index is -0.982. The molecule has 0 rings (SSSR count). The van der Waals surface area contributed by atoms with Crippen molar-refractivity contribution < 1.29 is 19.4 Å². The van der Waals surface area contributed by atoms with Gasteiger partial charge in [0.25, 0.3) is 0 Å². The first-order chi connectivity index (χ1) is 6.49. The van der Waals surface area contributed by atoms with E-state index in [1.807, 2.05) is 0 Å². The standard InChI is InChI=1S/C9H15NO4/c1-3-4-14-9(13)8(10)6(2)5-7(11)12/h3,6,8H,1,4-5,10H2,2H3,(H,11,12). The summed E-state index contributed by atoms with van der Waals surface area (Å²) in [4.78, 5) is 21.5. The van der Waals surface area contributed by atoms with Crippen LogP contribution in [0.25, 0.3) is 0 Å². The Bertz CT molecular complexity index is 227. The predicted molar refractivity (Wildman–Crippen MR) is 50.5 cm³/mol. The van der Waals surface area contributed by atoms with Crippen LogP contribution in [0.2, 0.25) is 0 Å². The average molecular weight is 201 g/mol. The molecule has 2 unspecified atom stereocenters. The van der Waals surface area contributed by atoms with E-state index in [2.05, 4.69) is 11.3 Å². The molecule has 0 aromatic rings. The van der Waals surface area contributed by atoms with Gasteiger partial charge in [-0.05, 0) is 5.92 Å². The number of nitrogens with two attached hydrogens (primary N) is 1. The minimum absolute atomic E-state index is 0.0896. The SMILES string of the molecule is C=CCOC(=O)C(N)C(C)CC(=O)O. The van der Waals surface area contributed by atoms with Gasteiger partial charge in [0.1, 0.15) is 12.6 Å². The zero-order chi connectivity index (χ0) is 11.1. The lowest BCUT2D eigenvalue weighted by molar-refractivity contribution is -0.146. The number of carboxylic acids is 1. The van der Waals surface area contributed by atoms with Crippen LogP contribution in [0.15, 0.2) is 12.7 Å². The number of esters is 1. The third kappa shape index (κ3) is 4.61. The van der Waals surface area contributed by atoms with Gasteiger partial charge in [0, 0.05) is 6.42 Å². The van der Waals surface area contributed by atoms with Crippen molar-refractivity contribution in [2.45, 2.75) is 19.4 Å². The summed E-state index contributed by atoms with van der Waals surface area (Å²) in [6.07, 6.45) is 1.27. The summed E-state index contributed by atoms with van der Waals surface area (Å²) < 4.78 is 4.68. The Labute approximate surface area is 82.5 Å². The maximum atomic E-state index is 11.1. The molecule has 5 nitrogen and oxygen atoms in total. The number of carboxylic acid groups (broad SMARTS) is 1. The van der Waals surface area contributed by atoms with Crippen LogP contribution in [-0.2, 0) is 14.3 Å². The van der Waals surface area contributed by atoms with Crippen molar-refractivity contribution in [3.8, 4) is 0 Å². The van der Waals surface area contributed by atoms with Gasteiger partial charge in [-0.15, -0.1) is 0 Å². The summed E-state index contributed by atoms with van der Waals surface area (Å²) >= 11 is 0. The van der Waals surface area contributed by atoms with Crippen LogP contribution in [0.4, 0.5) is 0 Å². The van der Waals surface area contributed by atoms with Crippen LogP contribution in [0.3, 0.4) is 0 Å². The van der Waals surface area contributed by atoms with Gasteiger partial charge in [0.15, 0.2) is 0 Å². The summed E-state index contributed by atoms with van der Waals surface area (Å²) in [6.45, 7) is 5.05. The number of hydrogen-bond acceptors (Lipinski definition) is 4. The summed E-state index contributed by atoms with van der Waals surface area (Å²) in [6, 6.07) is -0.897. The molecule has 0 aliphatic carbocycles. The fourth-order valence-corrected chi connectivity index (χ4v) is 0.872. The Balaban J connectivity index is 4.02. The smallest absolute Gasteiger partial charge is 0.323 e. The molecule has 0 fully saturated rings. The third-order valence-electron chi connectivity index (χ3n) is 1.73. The molecule has 0 aromatic heterocycles. The van der Waals surface area contributed by atoms with Gasteiger partial charge in [-0.25, -0.2) is 0 Å². The first-order valence-corrected chi connectivity index (χ1v) is 4.24. The monoisotopic (exact) mass is 201 g/mol. The van der Waals surface area contributed by atoms with Gasteiger partial charge in [-0.1, -0.05) is 19.6 Å². The van der Waals surface area contributed by atoms with Gasteiger partial charge < -0.3 is 15.6 Å². The number of ether oxygens (including phenoxy) is 1. The van der Waals surface area contributed by atoms with Crippen LogP contribution < -0.4 is 5.73 Å². The highest BCUT2D eigenvalue weighted by molar-refractivity contribution is 5.77. The van der Waals surface area contributed by atoms with Crippen molar-refractivity contribution in [3.63, 3.8) is 0 Å². The van der Waals surface area contributed by atoms with Crippen molar-refractivity contribution in [2.75, 3.05) is 6.61 Å². The van der Waals surface area contributed by atoms with E-state index >= 15 is 0 Å². The molecule has 0 aromatic carbocycles. The molecule has 3 N–H and O–H groups in total. The first-order valence-electron chi connectivity index (χ1n) is 4.24. The molecule has 0 radical (unpaired) electrons. The van der Waals surface area contributed by atoms with Crippen molar-refractivity contribution in [3.05, 3.63) is 12.7 Å². The second-order valence-corrected chi connectivity index (χ2v) is 3.02. The lowest BCUT2D eigenvalue weighted by atomic mass is 9.99. The Kier molecular flexibility index (Phi) is 5.55. The molecular formula is C9H15NO4. The summed E-state index contributed by atoms with van der Waals surface area (Å²) in [5.74, 6) is -2.02. The van der Waals surface area contributed by atoms with Gasteiger partial charge in [0.2, 0.25) is 0 Å². The zero-order valence-corrected chi connectivity index (χ0v) is 8.10. The first kappa shape index (κ1) is 12.6. The van der Waals surface area contributed by atoms with Gasteiger partial charge >= 0.3 is 11.9 Å². The van der Waals surface area contributed by atoms with E-state index in [1.165, 1.54) is 6.08 Å². The lowest BCUT2D eigenvalue weighted by Gasteiger charge is -2.16. The van der Waals surface area contributed by atoms with Gasteiger partial charge in [0.05, 0.1) is 0 Å². The van der Waals surface area contributed by atoms with Crippen LogP contribution in [-0.4, -0.2) is 29.7 Å².